The fourth-order valence-corrected chi connectivity index (χ4v) is 1.78. The highest BCUT2D eigenvalue weighted by atomic mass is 19.1. The van der Waals surface area contributed by atoms with Crippen molar-refractivity contribution in [1.82, 2.24) is 4.98 Å². The van der Waals surface area contributed by atoms with Gasteiger partial charge in [0.1, 0.15) is 0 Å². The van der Waals surface area contributed by atoms with E-state index in [-0.39, 0.29) is 11.4 Å². The van der Waals surface area contributed by atoms with Crippen LogP contribution >= 0.6 is 0 Å². The summed E-state index contributed by atoms with van der Waals surface area (Å²) in [6, 6.07) is 8.69. The molecule has 1 aromatic carbocycles. The maximum atomic E-state index is 14.0. The molecule has 0 bridgehead atoms. The lowest BCUT2D eigenvalue weighted by atomic mass is 10.2. The summed E-state index contributed by atoms with van der Waals surface area (Å²) in [7, 11) is 1.59. The first-order valence-corrected chi connectivity index (χ1v) is 6.00. The van der Waals surface area contributed by atoms with Crippen molar-refractivity contribution in [2.45, 2.75) is 6.92 Å². The first-order valence-electron chi connectivity index (χ1n) is 6.00. The van der Waals surface area contributed by atoms with Crippen molar-refractivity contribution in [3.8, 4) is 0 Å². The Labute approximate surface area is 116 Å². The molecule has 0 aliphatic heterocycles. The van der Waals surface area contributed by atoms with E-state index in [9.17, 15) is 9.18 Å². The molecule has 0 fully saturated rings. The summed E-state index contributed by atoms with van der Waals surface area (Å²) in [5.41, 5.74) is 3.80. The Balaban J connectivity index is 2.34. The number of amides is 1. The second-order valence-corrected chi connectivity index (χ2v) is 4.37. The summed E-state index contributed by atoms with van der Waals surface area (Å²) < 4.78 is 14.0. The first-order chi connectivity index (χ1) is 9.54. The van der Waals surface area contributed by atoms with Gasteiger partial charge in [-0.1, -0.05) is 17.7 Å². The molecule has 20 heavy (non-hydrogen) atoms. The Morgan fingerprint density at radius 2 is 1.95 bits per heavy atom. The van der Waals surface area contributed by atoms with Crippen molar-refractivity contribution in [3.05, 3.63) is 53.5 Å². The van der Waals surface area contributed by atoms with Gasteiger partial charge in [-0.25, -0.2) is 15.2 Å². The maximum absolute atomic E-state index is 14.0. The van der Waals surface area contributed by atoms with Crippen molar-refractivity contribution < 1.29 is 9.18 Å². The van der Waals surface area contributed by atoms with Crippen LogP contribution in [0.1, 0.15) is 15.9 Å². The molecule has 0 radical (unpaired) electrons. The van der Waals surface area contributed by atoms with E-state index in [0.29, 0.717) is 5.69 Å². The highest BCUT2D eigenvalue weighted by molar-refractivity contribution is 6.06. The van der Waals surface area contributed by atoms with E-state index < -0.39 is 11.7 Å². The highest BCUT2D eigenvalue weighted by Gasteiger charge is 2.20. The molecule has 0 saturated heterocycles. The molecule has 1 aromatic heterocycles. The van der Waals surface area contributed by atoms with Crippen LogP contribution in [0.2, 0.25) is 0 Å². The summed E-state index contributed by atoms with van der Waals surface area (Å²) in [5, 5.41) is 0. The average molecular weight is 274 g/mol. The standard InChI is InChI=1S/C14H15FN4O/c1-9-3-5-10(6-4-9)19(2)14(20)11-7-8-17-13(18-16)12(11)15/h3-8H,16H2,1-2H3,(H,17,18). The lowest BCUT2D eigenvalue weighted by Gasteiger charge is -2.18. The van der Waals surface area contributed by atoms with E-state index in [0.717, 1.165) is 5.56 Å². The molecule has 1 heterocycles. The summed E-state index contributed by atoms with van der Waals surface area (Å²) in [6.45, 7) is 1.95. The van der Waals surface area contributed by atoms with Crippen molar-refractivity contribution in [2.24, 2.45) is 5.84 Å². The number of benzene rings is 1. The summed E-state index contributed by atoms with van der Waals surface area (Å²) in [4.78, 5) is 17.4. The van der Waals surface area contributed by atoms with Crippen LogP contribution in [-0.2, 0) is 0 Å². The minimum atomic E-state index is -0.765. The number of carbonyl (C=O) groups excluding carboxylic acids is 1. The van der Waals surface area contributed by atoms with Gasteiger partial charge in [-0.05, 0) is 25.1 Å². The number of hydrazine groups is 1. The van der Waals surface area contributed by atoms with E-state index in [1.54, 1.807) is 19.2 Å². The van der Waals surface area contributed by atoms with Gasteiger partial charge < -0.3 is 10.3 Å². The molecule has 0 saturated carbocycles. The second kappa shape index (κ2) is 5.66. The van der Waals surface area contributed by atoms with Crippen molar-refractivity contribution in [3.63, 3.8) is 0 Å². The van der Waals surface area contributed by atoms with Crippen LogP contribution in [0.15, 0.2) is 36.5 Å². The molecule has 0 atom stereocenters. The molecule has 104 valence electrons. The number of hydrogen-bond acceptors (Lipinski definition) is 4. The lowest BCUT2D eigenvalue weighted by Crippen LogP contribution is -2.27. The lowest BCUT2D eigenvalue weighted by molar-refractivity contribution is 0.0989. The summed E-state index contributed by atoms with van der Waals surface area (Å²) in [5.74, 6) is 3.75. The van der Waals surface area contributed by atoms with E-state index in [2.05, 4.69) is 10.4 Å². The van der Waals surface area contributed by atoms with Crippen molar-refractivity contribution in [2.75, 3.05) is 17.4 Å². The molecule has 0 spiro atoms. The zero-order valence-corrected chi connectivity index (χ0v) is 11.2. The molecule has 1 amide bonds. The van der Waals surface area contributed by atoms with Crippen LogP contribution in [0.4, 0.5) is 15.9 Å². The molecule has 6 heteroatoms. The van der Waals surface area contributed by atoms with E-state index in [4.69, 9.17) is 5.84 Å². The molecule has 5 nitrogen and oxygen atoms in total. The average Bonchev–Trinajstić information content (AvgIpc) is 2.47. The minimum Gasteiger partial charge on any atom is -0.311 e. The summed E-state index contributed by atoms with van der Waals surface area (Å²) in [6.07, 6.45) is 1.33. The number of anilines is 2. The number of aryl methyl sites for hydroxylation is 1. The Bertz CT molecular complexity index is 628. The molecular formula is C14H15FN4O. The zero-order chi connectivity index (χ0) is 14.7. The largest absolute Gasteiger partial charge is 0.311 e. The van der Waals surface area contributed by atoms with Crippen LogP contribution in [0, 0.1) is 12.7 Å². The molecule has 2 rings (SSSR count). The normalized spacial score (nSPS) is 10.2. The predicted octanol–water partition coefficient (Wildman–Crippen LogP) is 2.09. The van der Waals surface area contributed by atoms with Gasteiger partial charge in [-0.15, -0.1) is 0 Å². The number of nitrogens with two attached hydrogens (primary N) is 1. The van der Waals surface area contributed by atoms with Crippen LogP contribution in [0.25, 0.3) is 0 Å². The molecular weight excluding hydrogens is 259 g/mol. The van der Waals surface area contributed by atoms with Crippen molar-refractivity contribution >= 4 is 17.4 Å². The number of halogens is 1. The smallest absolute Gasteiger partial charge is 0.261 e. The first kappa shape index (κ1) is 14.0. The number of nitrogens with zero attached hydrogens (tertiary/aromatic N) is 2. The van der Waals surface area contributed by atoms with Gasteiger partial charge >= 0.3 is 0 Å². The van der Waals surface area contributed by atoms with E-state index in [1.165, 1.54) is 17.2 Å². The van der Waals surface area contributed by atoms with Gasteiger partial charge in [0.2, 0.25) is 0 Å². The van der Waals surface area contributed by atoms with Crippen LogP contribution in [0.5, 0.6) is 0 Å². The Morgan fingerprint density at radius 3 is 2.55 bits per heavy atom. The molecule has 2 aromatic rings. The number of pyridine rings is 1. The van der Waals surface area contributed by atoms with Gasteiger partial charge in [0.05, 0.1) is 5.56 Å². The van der Waals surface area contributed by atoms with E-state index >= 15 is 0 Å². The quantitative estimate of drug-likeness (QED) is 0.664. The number of rotatable bonds is 3. The third-order valence-electron chi connectivity index (χ3n) is 2.98. The Morgan fingerprint density at radius 1 is 1.30 bits per heavy atom. The highest BCUT2D eigenvalue weighted by Crippen LogP contribution is 2.20. The van der Waals surface area contributed by atoms with Gasteiger partial charge in [-0.3, -0.25) is 4.79 Å². The SMILES string of the molecule is Cc1ccc(N(C)C(=O)c2ccnc(NN)c2F)cc1. The van der Waals surface area contributed by atoms with Crippen LogP contribution < -0.4 is 16.2 Å². The number of nitrogens with one attached hydrogen (secondary N) is 1. The third-order valence-corrected chi connectivity index (χ3v) is 2.98. The van der Waals surface area contributed by atoms with E-state index in [1.807, 2.05) is 19.1 Å². The third kappa shape index (κ3) is 2.60. The number of aromatic nitrogens is 1. The van der Waals surface area contributed by atoms with Crippen molar-refractivity contribution in [1.29, 1.82) is 0 Å². The number of hydrogen-bond donors (Lipinski definition) is 2. The fourth-order valence-electron chi connectivity index (χ4n) is 1.78. The molecule has 0 aliphatic carbocycles. The molecule has 0 aliphatic rings. The number of nitrogen functional groups attached to an aromatic ring is 1. The maximum Gasteiger partial charge on any atom is 0.261 e. The van der Waals surface area contributed by atoms with Gasteiger partial charge in [-0.2, -0.15) is 0 Å². The van der Waals surface area contributed by atoms with Gasteiger partial charge in [0, 0.05) is 18.9 Å². The Kier molecular flexibility index (Phi) is 3.95. The predicted molar refractivity (Wildman–Crippen MR) is 75.9 cm³/mol. The monoisotopic (exact) mass is 274 g/mol. The van der Waals surface area contributed by atoms with Gasteiger partial charge in [0.25, 0.3) is 5.91 Å². The van der Waals surface area contributed by atoms with Gasteiger partial charge in [0.15, 0.2) is 11.6 Å². The topological polar surface area (TPSA) is 71.2 Å². The fraction of sp³-hybridized carbons (Fsp3) is 0.143. The van der Waals surface area contributed by atoms with Crippen LogP contribution in [-0.4, -0.2) is 17.9 Å². The molecule has 0 unspecified atom stereocenters. The minimum absolute atomic E-state index is 0.0870. The zero-order valence-electron chi connectivity index (χ0n) is 11.2. The Hall–Kier alpha value is -2.47. The number of carbonyl (C=O) groups is 1. The second-order valence-electron chi connectivity index (χ2n) is 4.37. The molecule has 3 N–H and O–H groups in total. The van der Waals surface area contributed by atoms with Crippen LogP contribution in [0.3, 0.4) is 0 Å². The summed E-state index contributed by atoms with van der Waals surface area (Å²) >= 11 is 0.